The number of ether oxygens (including phenoxy) is 2. The van der Waals surface area contributed by atoms with Gasteiger partial charge in [0.25, 0.3) is 11.8 Å². The Labute approximate surface area is 221 Å². The lowest BCUT2D eigenvalue weighted by Crippen LogP contribution is -2.60. The molecule has 2 amide bonds. The number of rotatable bonds is 5. The van der Waals surface area contributed by atoms with Crippen molar-refractivity contribution in [2.75, 3.05) is 20.2 Å². The highest BCUT2D eigenvalue weighted by Gasteiger charge is 2.56. The first kappa shape index (κ1) is 24.0. The third-order valence-corrected chi connectivity index (χ3v) is 7.74. The highest BCUT2D eigenvalue weighted by atomic mass is 16.5. The highest BCUT2D eigenvalue weighted by molar-refractivity contribution is 6.01. The molecule has 1 saturated heterocycles. The van der Waals surface area contributed by atoms with E-state index in [2.05, 4.69) is 9.97 Å². The van der Waals surface area contributed by atoms with E-state index in [4.69, 9.17) is 9.47 Å². The summed E-state index contributed by atoms with van der Waals surface area (Å²) in [5, 5.41) is 0. The van der Waals surface area contributed by atoms with Crippen LogP contribution < -0.4 is 4.74 Å². The first-order chi connectivity index (χ1) is 18.5. The van der Waals surface area contributed by atoms with Crippen molar-refractivity contribution in [3.8, 4) is 16.9 Å². The van der Waals surface area contributed by atoms with Gasteiger partial charge in [-0.3, -0.25) is 9.59 Å². The molecule has 3 aliphatic rings. The predicted octanol–water partition coefficient (Wildman–Crippen LogP) is 3.74. The summed E-state index contributed by atoms with van der Waals surface area (Å²) in [6, 6.07) is 9.48. The van der Waals surface area contributed by atoms with E-state index in [1.165, 1.54) is 6.33 Å². The van der Waals surface area contributed by atoms with Gasteiger partial charge < -0.3 is 23.8 Å². The Hall–Kier alpha value is -4.40. The lowest BCUT2D eigenvalue weighted by Gasteiger charge is -2.47. The topological polar surface area (TPSA) is 89.8 Å². The summed E-state index contributed by atoms with van der Waals surface area (Å²) in [6.45, 7) is 5.19. The number of carbonyl (C=O) groups is 2. The zero-order valence-electron chi connectivity index (χ0n) is 21.6. The van der Waals surface area contributed by atoms with Gasteiger partial charge in [-0.1, -0.05) is 19.1 Å². The van der Waals surface area contributed by atoms with Crippen LogP contribution in [-0.2, 0) is 21.7 Å². The molecule has 0 N–H and O–H groups in total. The summed E-state index contributed by atoms with van der Waals surface area (Å²) in [4.78, 5) is 40.0. The van der Waals surface area contributed by atoms with E-state index in [0.29, 0.717) is 36.7 Å². The van der Waals surface area contributed by atoms with Crippen molar-refractivity contribution in [3.63, 3.8) is 0 Å². The highest BCUT2D eigenvalue weighted by Crippen LogP contribution is 2.45. The zero-order valence-corrected chi connectivity index (χ0v) is 21.6. The number of methoxy groups -OCH3 is 1. The molecule has 6 rings (SSSR count). The Bertz CT molecular complexity index is 1460. The fraction of sp³-hybridized carbons (Fsp3) is 0.310. The number of nitrogens with zero attached hydrogens (tertiary/aromatic N) is 5. The summed E-state index contributed by atoms with van der Waals surface area (Å²) in [5.74, 6) is 0.417. The quantitative estimate of drug-likeness (QED) is 0.519. The molecule has 0 spiro atoms. The minimum Gasteiger partial charge on any atom is -0.497 e. The van der Waals surface area contributed by atoms with E-state index in [1.54, 1.807) is 25.8 Å². The second kappa shape index (κ2) is 9.16. The van der Waals surface area contributed by atoms with Crippen LogP contribution in [0.5, 0.6) is 5.75 Å². The Kier molecular flexibility index (Phi) is 5.78. The maximum atomic E-state index is 14.2. The van der Waals surface area contributed by atoms with Crippen molar-refractivity contribution in [2.45, 2.75) is 38.6 Å². The Morgan fingerprint density at radius 1 is 1.16 bits per heavy atom. The number of carbonyl (C=O) groups excluding carboxylic acids is 2. The Morgan fingerprint density at radius 2 is 1.92 bits per heavy atom. The summed E-state index contributed by atoms with van der Waals surface area (Å²) in [5.41, 5.74) is 3.47. The molecule has 2 atom stereocenters. The summed E-state index contributed by atoms with van der Waals surface area (Å²) in [7, 11) is 1.62. The third-order valence-electron chi connectivity index (χ3n) is 7.74. The average Bonchev–Trinajstić information content (AvgIpc) is 3.56. The Balaban J connectivity index is 1.46. The van der Waals surface area contributed by atoms with Gasteiger partial charge in [0, 0.05) is 48.4 Å². The molecule has 1 fully saturated rings. The number of benzene rings is 1. The molecule has 3 aliphatic heterocycles. The summed E-state index contributed by atoms with van der Waals surface area (Å²) >= 11 is 0. The first-order valence-corrected chi connectivity index (χ1v) is 12.7. The molecule has 0 bridgehead atoms. The number of amides is 2. The molecule has 5 heterocycles. The molecule has 3 aromatic rings. The van der Waals surface area contributed by atoms with Crippen molar-refractivity contribution in [3.05, 3.63) is 90.0 Å². The lowest BCUT2D eigenvalue weighted by atomic mass is 9.92. The fourth-order valence-corrected chi connectivity index (χ4v) is 5.72. The van der Waals surface area contributed by atoms with E-state index in [0.717, 1.165) is 28.7 Å². The molecule has 1 aromatic carbocycles. The SMILES string of the molecule is CCC1C=C(C)C(C(=O)N2CCN3C(=O)c4cc(-c5cncnc5)cn4CC23c2ccc(OC)cc2)=CO1. The van der Waals surface area contributed by atoms with Crippen molar-refractivity contribution in [1.82, 2.24) is 24.3 Å². The standard InChI is InChI=1S/C29H29N5O4/c1-4-23-11-19(2)25(16-38-23)27(35)33-9-10-34-28(36)26-12-20(21-13-30-18-31-14-21)15-32(26)17-29(33,34)22-5-7-24(37-3)8-6-22/h5-8,11-16,18,23H,4,9-10,17H2,1-3H3. The molecule has 0 saturated carbocycles. The molecule has 194 valence electrons. The van der Waals surface area contributed by atoms with Crippen molar-refractivity contribution < 1.29 is 19.1 Å². The minimum atomic E-state index is -1.01. The van der Waals surface area contributed by atoms with Gasteiger partial charge in [0.1, 0.15) is 23.9 Å². The van der Waals surface area contributed by atoms with Gasteiger partial charge in [0.05, 0.1) is 25.5 Å². The largest absolute Gasteiger partial charge is 0.497 e. The molecular weight excluding hydrogens is 482 g/mol. The molecule has 0 radical (unpaired) electrons. The van der Waals surface area contributed by atoms with E-state index in [1.807, 2.05) is 70.8 Å². The molecular formula is C29H29N5O4. The Morgan fingerprint density at radius 3 is 2.61 bits per heavy atom. The first-order valence-electron chi connectivity index (χ1n) is 12.7. The van der Waals surface area contributed by atoms with E-state index in [-0.39, 0.29) is 17.9 Å². The minimum absolute atomic E-state index is 0.0451. The van der Waals surface area contributed by atoms with Crippen LogP contribution in [0.25, 0.3) is 11.1 Å². The van der Waals surface area contributed by atoms with Gasteiger partial charge in [-0.25, -0.2) is 9.97 Å². The van der Waals surface area contributed by atoms with E-state index >= 15 is 0 Å². The molecule has 9 nitrogen and oxygen atoms in total. The maximum absolute atomic E-state index is 14.2. The third kappa shape index (κ3) is 3.60. The monoisotopic (exact) mass is 511 g/mol. The lowest BCUT2D eigenvalue weighted by molar-refractivity contribution is -0.136. The zero-order chi connectivity index (χ0) is 26.4. The predicted molar refractivity (Wildman–Crippen MR) is 140 cm³/mol. The van der Waals surface area contributed by atoms with Gasteiger partial charge in [-0.05, 0) is 43.2 Å². The number of aromatic nitrogens is 3. The van der Waals surface area contributed by atoms with Crippen LogP contribution in [0.1, 0.15) is 36.3 Å². The summed E-state index contributed by atoms with van der Waals surface area (Å²) < 4.78 is 13.2. The van der Waals surface area contributed by atoms with E-state index < -0.39 is 5.66 Å². The van der Waals surface area contributed by atoms with Gasteiger partial charge in [-0.15, -0.1) is 0 Å². The van der Waals surface area contributed by atoms with Crippen molar-refractivity contribution in [1.29, 1.82) is 0 Å². The van der Waals surface area contributed by atoms with Gasteiger partial charge in [-0.2, -0.15) is 0 Å². The number of hydrogen-bond acceptors (Lipinski definition) is 6. The molecule has 38 heavy (non-hydrogen) atoms. The van der Waals surface area contributed by atoms with Gasteiger partial charge in [0.15, 0.2) is 5.66 Å². The van der Waals surface area contributed by atoms with Crippen LogP contribution in [0.15, 0.2) is 78.7 Å². The number of fused-ring (bicyclic) bond motifs is 2. The fourth-order valence-electron chi connectivity index (χ4n) is 5.72. The average molecular weight is 512 g/mol. The van der Waals surface area contributed by atoms with Crippen LogP contribution >= 0.6 is 0 Å². The maximum Gasteiger partial charge on any atom is 0.272 e. The molecule has 2 aromatic heterocycles. The molecule has 9 heteroatoms. The normalized spacial score (nSPS) is 22.3. The van der Waals surface area contributed by atoms with E-state index in [9.17, 15) is 9.59 Å². The molecule has 2 unspecified atom stereocenters. The summed E-state index contributed by atoms with van der Waals surface area (Å²) in [6.07, 6.45) is 11.2. The number of hydrogen-bond donors (Lipinski definition) is 0. The van der Waals surface area contributed by atoms with Crippen LogP contribution in [-0.4, -0.2) is 62.5 Å². The van der Waals surface area contributed by atoms with Crippen molar-refractivity contribution in [2.24, 2.45) is 0 Å². The van der Waals surface area contributed by atoms with Crippen LogP contribution in [0.2, 0.25) is 0 Å². The van der Waals surface area contributed by atoms with Crippen LogP contribution in [0.3, 0.4) is 0 Å². The second-order valence-electron chi connectivity index (χ2n) is 9.79. The second-order valence-corrected chi connectivity index (χ2v) is 9.79. The van der Waals surface area contributed by atoms with Gasteiger partial charge in [0.2, 0.25) is 0 Å². The molecule has 0 aliphatic carbocycles. The van der Waals surface area contributed by atoms with Gasteiger partial charge >= 0.3 is 0 Å². The van der Waals surface area contributed by atoms with Crippen molar-refractivity contribution >= 4 is 11.8 Å². The van der Waals surface area contributed by atoms with Crippen LogP contribution in [0, 0.1) is 0 Å². The van der Waals surface area contributed by atoms with Crippen LogP contribution in [0.4, 0.5) is 0 Å². The smallest absolute Gasteiger partial charge is 0.272 e.